The molecule has 2 unspecified atom stereocenters. The molecule has 0 radical (unpaired) electrons. The van der Waals surface area contributed by atoms with Gasteiger partial charge in [0.1, 0.15) is 11.9 Å². The standard InChI is InChI=1S/C28H36N2O3S/c1-18-3-4-24-23(7-18)13-30(14-25(33-24)22-5-6-34-16-22)15-26(31)29-19(2)27-9-20-8-21(10-27)12-28(32,11-20)17-27/h3-7,16,19-21,25,32H,8-15,17H2,1-2H3,(H,29,31)/t19-,20-,21+,25+,27?,28?/m1/s1. The number of aliphatic hydroxyl groups is 1. The van der Waals surface area contributed by atoms with Crippen molar-refractivity contribution in [2.45, 2.75) is 76.7 Å². The maximum atomic E-state index is 13.3. The molecule has 4 bridgehead atoms. The Hall–Kier alpha value is -1.89. The Labute approximate surface area is 206 Å². The first-order valence-electron chi connectivity index (χ1n) is 12.8. The molecular weight excluding hydrogens is 444 g/mol. The highest BCUT2D eigenvalue weighted by Crippen LogP contribution is 2.62. The van der Waals surface area contributed by atoms with Gasteiger partial charge in [-0.25, -0.2) is 0 Å². The van der Waals surface area contributed by atoms with Crippen molar-refractivity contribution in [3.8, 4) is 5.75 Å². The third-order valence-electron chi connectivity index (χ3n) is 8.96. The van der Waals surface area contributed by atoms with Gasteiger partial charge in [-0.3, -0.25) is 9.69 Å². The summed E-state index contributed by atoms with van der Waals surface area (Å²) in [4.78, 5) is 15.5. The van der Waals surface area contributed by atoms with E-state index in [0.29, 0.717) is 31.5 Å². The van der Waals surface area contributed by atoms with E-state index in [1.54, 1.807) is 11.3 Å². The number of carbonyl (C=O) groups is 1. The van der Waals surface area contributed by atoms with Crippen LogP contribution >= 0.6 is 11.3 Å². The lowest BCUT2D eigenvalue weighted by Gasteiger charge is -2.62. The van der Waals surface area contributed by atoms with Crippen LogP contribution < -0.4 is 10.1 Å². The predicted octanol–water partition coefficient (Wildman–Crippen LogP) is 4.83. The van der Waals surface area contributed by atoms with Crippen LogP contribution in [-0.2, 0) is 11.3 Å². The molecule has 6 heteroatoms. The highest BCUT2D eigenvalue weighted by molar-refractivity contribution is 7.07. The molecule has 1 amide bonds. The van der Waals surface area contributed by atoms with Gasteiger partial charge in [-0.15, -0.1) is 0 Å². The van der Waals surface area contributed by atoms with E-state index in [2.05, 4.69) is 59.1 Å². The van der Waals surface area contributed by atoms with Gasteiger partial charge in [0.15, 0.2) is 0 Å². The number of rotatable bonds is 5. The van der Waals surface area contributed by atoms with Gasteiger partial charge in [-0.1, -0.05) is 17.7 Å². The summed E-state index contributed by atoms with van der Waals surface area (Å²) in [5.74, 6) is 2.24. The number of hydrogen-bond donors (Lipinski definition) is 2. The second-order valence-corrected chi connectivity index (χ2v) is 12.6. The van der Waals surface area contributed by atoms with Gasteiger partial charge in [0.05, 0.1) is 12.1 Å². The molecule has 1 aliphatic heterocycles. The number of fused-ring (bicyclic) bond motifs is 1. The molecule has 1 aromatic carbocycles. The third kappa shape index (κ3) is 4.18. The van der Waals surface area contributed by atoms with Gasteiger partial charge in [0, 0.05) is 30.3 Å². The average molecular weight is 481 g/mol. The first-order valence-corrected chi connectivity index (χ1v) is 13.8. The summed E-state index contributed by atoms with van der Waals surface area (Å²) in [5, 5.41) is 18.7. The maximum Gasteiger partial charge on any atom is 0.234 e. The zero-order valence-electron chi connectivity index (χ0n) is 20.3. The van der Waals surface area contributed by atoms with Crippen LogP contribution in [0, 0.1) is 24.2 Å². The second kappa shape index (κ2) is 8.35. The van der Waals surface area contributed by atoms with Gasteiger partial charge in [-0.05, 0) is 92.5 Å². The van der Waals surface area contributed by atoms with Crippen LogP contribution in [0.25, 0.3) is 0 Å². The number of benzene rings is 1. The summed E-state index contributed by atoms with van der Waals surface area (Å²) in [6.45, 7) is 6.01. The minimum atomic E-state index is -0.499. The summed E-state index contributed by atoms with van der Waals surface area (Å²) >= 11 is 1.68. The van der Waals surface area contributed by atoms with Crippen LogP contribution in [0.5, 0.6) is 5.75 Å². The van der Waals surface area contributed by atoms with Crippen LogP contribution in [0.15, 0.2) is 35.0 Å². The number of carbonyl (C=O) groups excluding carboxylic acids is 1. The Morgan fingerprint density at radius 1 is 1.26 bits per heavy atom. The van der Waals surface area contributed by atoms with E-state index >= 15 is 0 Å². The van der Waals surface area contributed by atoms with Crippen molar-refractivity contribution in [1.29, 1.82) is 0 Å². The smallest absolute Gasteiger partial charge is 0.234 e. The number of ether oxygens (including phenoxy) is 1. The molecule has 0 spiro atoms. The van der Waals surface area contributed by atoms with Crippen LogP contribution in [0.2, 0.25) is 0 Å². The number of aryl methyl sites for hydroxylation is 1. The molecule has 5 aliphatic rings. The SMILES string of the molecule is Cc1ccc2c(c1)CN(CC(=O)N[C@H](C)C13C[C@@H]4C[C@@H](CC(O)(C4)C1)C3)C[C@@H](c1ccsc1)O2. The van der Waals surface area contributed by atoms with Gasteiger partial charge in [0.25, 0.3) is 0 Å². The quantitative estimate of drug-likeness (QED) is 0.644. The number of hydrogen-bond acceptors (Lipinski definition) is 5. The first kappa shape index (κ1) is 22.6. The number of amides is 1. The van der Waals surface area contributed by atoms with Crippen molar-refractivity contribution in [2.24, 2.45) is 17.3 Å². The predicted molar refractivity (Wildman–Crippen MR) is 134 cm³/mol. The molecule has 34 heavy (non-hydrogen) atoms. The van der Waals surface area contributed by atoms with E-state index in [9.17, 15) is 9.90 Å². The van der Waals surface area contributed by atoms with E-state index < -0.39 is 5.60 Å². The van der Waals surface area contributed by atoms with Crippen molar-refractivity contribution in [3.05, 3.63) is 51.7 Å². The molecule has 6 atom stereocenters. The van der Waals surface area contributed by atoms with Crippen molar-refractivity contribution < 1.29 is 14.6 Å². The van der Waals surface area contributed by atoms with Crippen LogP contribution in [0.4, 0.5) is 0 Å². The molecule has 5 nitrogen and oxygen atoms in total. The molecule has 7 rings (SSSR count). The highest BCUT2D eigenvalue weighted by Gasteiger charge is 2.59. The first-order chi connectivity index (χ1) is 16.3. The zero-order valence-corrected chi connectivity index (χ0v) is 21.1. The van der Waals surface area contributed by atoms with Gasteiger partial charge >= 0.3 is 0 Å². The highest BCUT2D eigenvalue weighted by atomic mass is 32.1. The van der Waals surface area contributed by atoms with E-state index in [1.165, 1.54) is 17.5 Å². The topological polar surface area (TPSA) is 61.8 Å². The monoisotopic (exact) mass is 480 g/mol. The molecule has 2 N–H and O–H groups in total. The Morgan fingerprint density at radius 2 is 2.06 bits per heavy atom. The number of nitrogens with zero attached hydrogens (tertiary/aromatic N) is 1. The second-order valence-electron chi connectivity index (χ2n) is 11.8. The lowest BCUT2D eigenvalue weighted by molar-refractivity contribution is -0.173. The van der Waals surface area contributed by atoms with E-state index in [0.717, 1.165) is 43.4 Å². The molecule has 0 saturated heterocycles. The van der Waals surface area contributed by atoms with Crippen molar-refractivity contribution in [3.63, 3.8) is 0 Å². The maximum absolute atomic E-state index is 13.3. The summed E-state index contributed by atoms with van der Waals surface area (Å²) in [5.41, 5.74) is 3.06. The molecule has 2 aromatic rings. The fourth-order valence-electron chi connectivity index (χ4n) is 7.86. The van der Waals surface area contributed by atoms with E-state index in [4.69, 9.17) is 4.74 Å². The van der Waals surface area contributed by atoms with Crippen molar-refractivity contribution in [2.75, 3.05) is 13.1 Å². The molecule has 4 aliphatic carbocycles. The van der Waals surface area contributed by atoms with Gasteiger partial charge in [-0.2, -0.15) is 11.3 Å². The minimum Gasteiger partial charge on any atom is -0.484 e. The summed E-state index contributed by atoms with van der Waals surface area (Å²) < 4.78 is 6.43. The Morgan fingerprint density at radius 3 is 2.76 bits per heavy atom. The lowest BCUT2D eigenvalue weighted by Crippen LogP contribution is -2.62. The third-order valence-corrected chi connectivity index (χ3v) is 9.66. The summed E-state index contributed by atoms with van der Waals surface area (Å²) in [6, 6.07) is 8.53. The van der Waals surface area contributed by atoms with E-state index in [1.807, 2.05) is 0 Å². The van der Waals surface area contributed by atoms with E-state index in [-0.39, 0.29) is 23.5 Å². The molecular formula is C28H36N2O3S. The molecule has 182 valence electrons. The fourth-order valence-corrected chi connectivity index (χ4v) is 8.57. The molecule has 4 saturated carbocycles. The number of thiophene rings is 1. The Bertz CT molecular complexity index is 1050. The lowest BCUT2D eigenvalue weighted by atomic mass is 9.46. The summed E-state index contributed by atoms with van der Waals surface area (Å²) in [6.07, 6.45) is 6.25. The van der Waals surface area contributed by atoms with Crippen LogP contribution in [0.3, 0.4) is 0 Å². The Kier molecular flexibility index (Phi) is 5.54. The number of nitrogens with one attached hydrogen (secondary N) is 1. The van der Waals surface area contributed by atoms with Crippen LogP contribution in [-0.4, -0.2) is 40.6 Å². The zero-order chi connectivity index (χ0) is 23.5. The van der Waals surface area contributed by atoms with Crippen molar-refractivity contribution >= 4 is 17.2 Å². The molecule has 1 aromatic heterocycles. The van der Waals surface area contributed by atoms with Crippen molar-refractivity contribution in [1.82, 2.24) is 10.2 Å². The molecule has 4 fully saturated rings. The average Bonchev–Trinajstić information content (AvgIpc) is 3.22. The largest absolute Gasteiger partial charge is 0.484 e. The van der Waals surface area contributed by atoms with Crippen LogP contribution in [0.1, 0.15) is 68.2 Å². The normalized spacial score (nSPS) is 35.3. The molecule has 2 heterocycles. The summed E-state index contributed by atoms with van der Waals surface area (Å²) in [7, 11) is 0. The van der Waals surface area contributed by atoms with Gasteiger partial charge in [0.2, 0.25) is 5.91 Å². The van der Waals surface area contributed by atoms with Gasteiger partial charge < -0.3 is 15.2 Å². The Balaban J connectivity index is 1.17. The minimum absolute atomic E-state index is 0.0549. The fraction of sp³-hybridized carbons (Fsp3) is 0.607.